The van der Waals surface area contributed by atoms with Gasteiger partial charge in [-0.05, 0) is 49.6 Å². The number of hydrogen-bond acceptors (Lipinski definition) is 6. The molecule has 8 nitrogen and oxygen atoms in total. The second kappa shape index (κ2) is 8.71. The highest BCUT2D eigenvalue weighted by atomic mass is 35.5. The van der Waals surface area contributed by atoms with Gasteiger partial charge in [-0.3, -0.25) is 9.59 Å². The maximum atomic E-state index is 12.8. The molecule has 2 amide bonds. The van der Waals surface area contributed by atoms with E-state index < -0.39 is 0 Å². The molecule has 0 bridgehead atoms. The van der Waals surface area contributed by atoms with Crippen LogP contribution in [0.5, 0.6) is 5.88 Å². The molecule has 2 N–H and O–H groups in total. The van der Waals surface area contributed by atoms with Gasteiger partial charge in [-0.25, -0.2) is 4.98 Å². The molecule has 1 saturated carbocycles. The number of halogens is 1. The van der Waals surface area contributed by atoms with Crippen LogP contribution in [0.25, 0.3) is 0 Å². The van der Waals surface area contributed by atoms with Crippen LogP contribution in [0.3, 0.4) is 0 Å². The predicted molar refractivity (Wildman–Crippen MR) is 114 cm³/mol. The van der Waals surface area contributed by atoms with Crippen molar-refractivity contribution in [1.29, 1.82) is 0 Å². The van der Waals surface area contributed by atoms with Crippen molar-refractivity contribution in [3.05, 3.63) is 53.7 Å². The molecule has 2 fully saturated rings. The second-order valence-corrected chi connectivity index (χ2v) is 7.72. The van der Waals surface area contributed by atoms with Crippen molar-refractivity contribution >= 4 is 35.1 Å². The number of carbonyl (C=O) groups is 2. The van der Waals surface area contributed by atoms with E-state index in [1.54, 1.807) is 29.2 Å². The van der Waals surface area contributed by atoms with Gasteiger partial charge in [-0.2, -0.15) is 4.98 Å². The van der Waals surface area contributed by atoms with Crippen molar-refractivity contribution < 1.29 is 14.3 Å². The standard InChI is InChI=1S/C21H22ClN5O3/c1-2-18(28)24-14-5-3-13(4-6-14)20(29)27-10-9-15(12-27)25-21-23-11-17(22)19(26-21)30-16-7-8-16/h2-6,11,15-16H,1,7-10,12H2,(H,24,28)(H,23,25,26). The molecule has 1 unspecified atom stereocenters. The highest BCUT2D eigenvalue weighted by molar-refractivity contribution is 6.31. The molecule has 0 spiro atoms. The zero-order chi connectivity index (χ0) is 21.1. The summed E-state index contributed by atoms with van der Waals surface area (Å²) in [5, 5.41) is 6.32. The van der Waals surface area contributed by atoms with E-state index in [1.807, 2.05) is 0 Å². The Kier molecular flexibility index (Phi) is 5.85. The van der Waals surface area contributed by atoms with Crippen LogP contribution in [0.1, 0.15) is 29.6 Å². The number of rotatable bonds is 7. The van der Waals surface area contributed by atoms with Crippen LogP contribution in [0.15, 0.2) is 43.1 Å². The predicted octanol–water partition coefficient (Wildman–Crippen LogP) is 3.12. The first kappa shape index (κ1) is 20.2. The number of nitrogens with one attached hydrogen (secondary N) is 2. The number of hydrogen-bond donors (Lipinski definition) is 2. The average molecular weight is 428 g/mol. The van der Waals surface area contributed by atoms with Gasteiger partial charge in [0.05, 0.1) is 6.20 Å². The Bertz CT molecular complexity index is 962. The summed E-state index contributed by atoms with van der Waals surface area (Å²) in [5.41, 5.74) is 1.18. The zero-order valence-corrected chi connectivity index (χ0v) is 17.1. The number of anilines is 2. The number of ether oxygens (including phenoxy) is 1. The molecule has 2 heterocycles. The maximum Gasteiger partial charge on any atom is 0.253 e. The lowest BCUT2D eigenvalue weighted by atomic mass is 10.2. The number of aromatic nitrogens is 2. The van der Waals surface area contributed by atoms with E-state index in [9.17, 15) is 9.59 Å². The van der Waals surface area contributed by atoms with Gasteiger partial charge in [0.2, 0.25) is 17.7 Å². The van der Waals surface area contributed by atoms with Gasteiger partial charge in [0, 0.05) is 30.4 Å². The van der Waals surface area contributed by atoms with E-state index in [0.717, 1.165) is 19.3 Å². The highest BCUT2D eigenvalue weighted by Crippen LogP contribution is 2.30. The van der Waals surface area contributed by atoms with E-state index in [2.05, 4.69) is 27.2 Å². The van der Waals surface area contributed by atoms with Gasteiger partial charge < -0.3 is 20.3 Å². The number of nitrogens with zero attached hydrogens (tertiary/aromatic N) is 3. The Morgan fingerprint density at radius 2 is 2.00 bits per heavy atom. The lowest BCUT2D eigenvalue weighted by Crippen LogP contribution is -2.31. The van der Waals surface area contributed by atoms with E-state index in [4.69, 9.17) is 16.3 Å². The van der Waals surface area contributed by atoms with Crippen molar-refractivity contribution in [2.75, 3.05) is 23.7 Å². The first-order chi connectivity index (χ1) is 14.5. The fourth-order valence-electron chi connectivity index (χ4n) is 3.16. The highest BCUT2D eigenvalue weighted by Gasteiger charge is 2.28. The Morgan fingerprint density at radius 1 is 1.23 bits per heavy atom. The van der Waals surface area contributed by atoms with Crippen LogP contribution in [0.2, 0.25) is 5.02 Å². The van der Waals surface area contributed by atoms with Crippen LogP contribution in [-0.4, -0.2) is 51.9 Å². The summed E-state index contributed by atoms with van der Waals surface area (Å²) < 4.78 is 5.70. The fraction of sp³-hybridized carbons (Fsp3) is 0.333. The summed E-state index contributed by atoms with van der Waals surface area (Å²) in [5.74, 6) is 0.483. The summed E-state index contributed by atoms with van der Waals surface area (Å²) in [6.07, 6.45) is 5.74. The quantitative estimate of drug-likeness (QED) is 0.659. The number of likely N-dealkylation sites (tertiary alicyclic amines) is 1. The lowest BCUT2D eigenvalue weighted by molar-refractivity contribution is -0.111. The molecular formula is C21H22ClN5O3. The Balaban J connectivity index is 1.34. The van der Waals surface area contributed by atoms with Crippen LogP contribution in [0, 0.1) is 0 Å². The maximum absolute atomic E-state index is 12.8. The largest absolute Gasteiger partial charge is 0.473 e. The van der Waals surface area contributed by atoms with E-state index in [1.165, 1.54) is 12.3 Å². The smallest absolute Gasteiger partial charge is 0.253 e. The Morgan fingerprint density at radius 3 is 2.70 bits per heavy atom. The first-order valence-corrected chi connectivity index (χ1v) is 10.2. The summed E-state index contributed by atoms with van der Waals surface area (Å²) >= 11 is 6.11. The van der Waals surface area contributed by atoms with Crippen molar-refractivity contribution in [2.24, 2.45) is 0 Å². The molecule has 1 saturated heterocycles. The minimum atomic E-state index is -0.294. The van der Waals surface area contributed by atoms with Crippen molar-refractivity contribution in [1.82, 2.24) is 14.9 Å². The summed E-state index contributed by atoms with van der Waals surface area (Å²) in [7, 11) is 0. The summed E-state index contributed by atoms with van der Waals surface area (Å²) in [6, 6.07) is 6.83. The van der Waals surface area contributed by atoms with Gasteiger partial charge in [-0.15, -0.1) is 0 Å². The van der Waals surface area contributed by atoms with Gasteiger partial charge in [-0.1, -0.05) is 18.2 Å². The summed E-state index contributed by atoms with van der Waals surface area (Å²) in [6.45, 7) is 4.58. The molecule has 1 aromatic heterocycles. The molecule has 156 valence electrons. The Hall–Kier alpha value is -3.13. The molecule has 4 rings (SSSR count). The molecule has 0 radical (unpaired) electrons. The number of amides is 2. The van der Waals surface area contributed by atoms with E-state index in [-0.39, 0.29) is 24.0 Å². The van der Waals surface area contributed by atoms with Gasteiger partial charge in [0.25, 0.3) is 5.91 Å². The van der Waals surface area contributed by atoms with Crippen LogP contribution in [-0.2, 0) is 4.79 Å². The normalized spacial score (nSPS) is 18.0. The second-order valence-electron chi connectivity index (χ2n) is 7.32. The topological polar surface area (TPSA) is 96.5 Å². The third-order valence-electron chi connectivity index (χ3n) is 4.91. The van der Waals surface area contributed by atoms with Crippen molar-refractivity contribution in [3.8, 4) is 5.88 Å². The Labute approximate surface area is 179 Å². The third kappa shape index (κ3) is 4.88. The van der Waals surface area contributed by atoms with Crippen molar-refractivity contribution in [2.45, 2.75) is 31.4 Å². The third-order valence-corrected chi connectivity index (χ3v) is 5.17. The van der Waals surface area contributed by atoms with Gasteiger partial charge >= 0.3 is 0 Å². The monoisotopic (exact) mass is 427 g/mol. The number of carbonyl (C=O) groups excluding carboxylic acids is 2. The van der Waals surface area contributed by atoms with Gasteiger partial charge in [0.15, 0.2) is 0 Å². The molecule has 1 atom stereocenters. The molecule has 2 aromatic rings. The zero-order valence-electron chi connectivity index (χ0n) is 16.3. The van der Waals surface area contributed by atoms with Crippen LogP contribution in [0.4, 0.5) is 11.6 Å². The number of benzene rings is 1. The van der Waals surface area contributed by atoms with Crippen LogP contribution >= 0.6 is 11.6 Å². The minimum Gasteiger partial charge on any atom is -0.473 e. The molecule has 1 aromatic carbocycles. The van der Waals surface area contributed by atoms with Crippen molar-refractivity contribution in [3.63, 3.8) is 0 Å². The molecule has 9 heteroatoms. The average Bonchev–Trinajstić information content (AvgIpc) is 3.45. The molecule has 30 heavy (non-hydrogen) atoms. The van der Waals surface area contributed by atoms with E-state index in [0.29, 0.717) is 41.2 Å². The minimum absolute atomic E-state index is 0.0371. The molecular weight excluding hydrogens is 406 g/mol. The summed E-state index contributed by atoms with van der Waals surface area (Å²) in [4.78, 5) is 34.5. The SMILES string of the molecule is C=CC(=O)Nc1ccc(C(=O)N2CCC(Nc3ncc(Cl)c(OC4CC4)n3)C2)cc1. The van der Waals surface area contributed by atoms with Crippen LogP contribution < -0.4 is 15.4 Å². The fourth-order valence-corrected chi connectivity index (χ4v) is 3.30. The van der Waals surface area contributed by atoms with Gasteiger partial charge in [0.1, 0.15) is 11.1 Å². The molecule has 1 aliphatic carbocycles. The molecule has 2 aliphatic rings. The van der Waals surface area contributed by atoms with E-state index >= 15 is 0 Å². The molecule has 1 aliphatic heterocycles. The first-order valence-electron chi connectivity index (χ1n) is 9.80. The lowest BCUT2D eigenvalue weighted by Gasteiger charge is -2.17.